The van der Waals surface area contributed by atoms with Gasteiger partial charge in [0, 0.05) is 0 Å². The maximum atomic E-state index is 9.68. The Labute approximate surface area is 153 Å². The van der Waals surface area contributed by atoms with Crippen LogP contribution in [0.1, 0.15) is 64.5 Å². The van der Waals surface area contributed by atoms with Crippen molar-refractivity contribution in [3.05, 3.63) is 58.2 Å². The van der Waals surface area contributed by atoms with Gasteiger partial charge >= 0.3 is 0 Å². The van der Waals surface area contributed by atoms with Crippen molar-refractivity contribution in [3.8, 4) is 11.5 Å². The molecule has 0 heterocycles. The molecule has 0 unspecified atom stereocenters. The van der Waals surface area contributed by atoms with E-state index in [1.165, 1.54) is 16.7 Å². The lowest BCUT2D eigenvalue weighted by Crippen LogP contribution is -1.98. The van der Waals surface area contributed by atoms with E-state index in [0.29, 0.717) is 12.4 Å². The SMILES string of the molecule is CC(C)=CCC/C(C)=C/CC/C(C)=C/COc1ccc(O)c(C)c1C. The molecule has 1 N–H and O–H groups in total. The van der Waals surface area contributed by atoms with Crippen LogP contribution in [0.15, 0.2) is 47.1 Å². The molecule has 0 aliphatic rings. The number of phenols is 1. The number of hydrogen-bond donors (Lipinski definition) is 1. The van der Waals surface area contributed by atoms with Gasteiger partial charge in [0.25, 0.3) is 0 Å². The van der Waals surface area contributed by atoms with Gasteiger partial charge < -0.3 is 9.84 Å². The summed E-state index contributed by atoms with van der Waals surface area (Å²) in [5.74, 6) is 1.16. The third-order valence-corrected chi connectivity index (χ3v) is 4.50. The molecule has 0 saturated heterocycles. The molecule has 0 radical (unpaired) electrons. The molecule has 0 aliphatic carbocycles. The number of phenolic OH excluding ortho intramolecular Hbond substituents is 1. The fraction of sp³-hybridized carbons (Fsp3) is 0.478. The summed E-state index contributed by atoms with van der Waals surface area (Å²) in [4.78, 5) is 0. The van der Waals surface area contributed by atoms with E-state index >= 15 is 0 Å². The molecule has 0 saturated carbocycles. The van der Waals surface area contributed by atoms with E-state index in [1.54, 1.807) is 6.07 Å². The van der Waals surface area contributed by atoms with Gasteiger partial charge in [0.15, 0.2) is 0 Å². The van der Waals surface area contributed by atoms with Crippen LogP contribution in [0, 0.1) is 13.8 Å². The molecule has 138 valence electrons. The summed E-state index contributed by atoms with van der Waals surface area (Å²) in [6, 6.07) is 3.52. The van der Waals surface area contributed by atoms with E-state index in [1.807, 2.05) is 19.9 Å². The second kappa shape index (κ2) is 10.8. The molecule has 1 rings (SSSR count). The largest absolute Gasteiger partial charge is 0.508 e. The standard InChI is InChI=1S/C23H34O2/c1-17(2)9-7-10-18(3)11-8-12-19(4)15-16-25-23-14-13-22(24)20(5)21(23)6/h9,11,13-15,24H,7-8,10,12,16H2,1-6H3/b18-11+,19-15+. The average Bonchev–Trinajstić information content (AvgIpc) is 2.54. The van der Waals surface area contributed by atoms with Crippen LogP contribution in [0.25, 0.3) is 0 Å². The fourth-order valence-electron chi connectivity index (χ4n) is 2.55. The predicted molar refractivity (Wildman–Crippen MR) is 108 cm³/mol. The fourth-order valence-corrected chi connectivity index (χ4v) is 2.55. The number of allylic oxidation sites excluding steroid dienone is 5. The zero-order chi connectivity index (χ0) is 18.8. The zero-order valence-electron chi connectivity index (χ0n) is 16.8. The second-order valence-electron chi connectivity index (χ2n) is 7.10. The van der Waals surface area contributed by atoms with E-state index in [9.17, 15) is 5.11 Å². The van der Waals surface area contributed by atoms with Gasteiger partial charge in [0.2, 0.25) is 0 Å². The van der Waals surface area contributed by atoms with Gasteiger partial charge in [0.05, 0.1) is 0 Å². The van der Waals surface area contributed by atoms with Gasteiger partial charge in [-0.05, 0) is 96.6 Å². The molecule has 0 atom stereocenters. The van der Waals surface area contributed by atoms with Crippen molar-refractivity contribution in [2.75, 3.05) is 6.61 Å². The molecule has 2 heteroatoms. The summed E-state index contributed by atoms with van der Waals surface area (Å²) < 4.78 is 5.84. The van der Waals surface area contributed by atoms with E-state index in [4.69, 9.17) is 4.74 Å². The van der Waals surface area contributed by atoms with Crippen molar-refractivity contribution >= 4 is 0 Å². The van der Waals surface area contributed by atoms with Crippen LogP contribution < -0.4 is 4.74 Å². The Balaban J connectivity index is 2.39. The first-order valence-electron chi connectivity index (χ1n) is 9.17. The van der Waals surface area contributed by atoms with Crippen LogP contribution in [0.4, 0.5) is 0 Å². The van der Waals surface area contributed by atoms with Crippen LogP contribution in [0.2, 0.25) is 0 Å². The van der Waals surface area contributed by atoms with Gasteiger partial charge in [-0.2, -0.15) is 0 Å². The first kappa shape index (κ1) is 21.1. The molecular weight excluding hydrogens is 308 g/mol. The van der Waals surface area contributed by atoms with Crippen LogP contribution in [-0.4, -0.2) is 11.7 Å². The molecule has 1 aromatic carbocycles. The molecule has 0 amide bonds. The summed E-state index contributed by atoms with van der Waals surface area (Å²) in [6.45, 7) is 13.1. The Kier molecular flexibility index (Phi) is 9.12. The van der Waals surface area contributed by atoms with Crippen LogP contribution in [0.5, 0.6) is 11.5 Å². The number of aromatic hydroxyl groups is 1. The van der Waals surface area contributed by atoms with Crippen LogP contribution in [0.3, 0.4) is 0 Å². The third-order valence-electron chi connectivity index (χ3n) is 4.50. The lowest BCUT2D eigenvalue weighted by atomic mass is 10.1. The summed E-state index contributed by atoms with van der Waals surface area (Å²) in [5.41, 5.74) is 6.09. The van der Waals surface area contributed by atoms with Crippen molar-refractivity contribution in [2.45, 2.75) is 67.2 Å². The highest BCUT2D eigenvalue weighted by atomic mass is 16.5. The average molecular weight is 343 g/mol. The maximum absolute atomic E-state index is 9.68. The third kappa shape index (κ3) is 8.11. The predicted octanol–water partition coefficient (Wildman–Crippen LogP) is 6.81. The second-order valence-corrected chi connectivity index (χ2v) is 7.10. The first-order valence-corrected chi connectivity index (χ1v) is 9.17. The number of hydrogen-bond acceptors (Lipinski definition) is 2. The Morgan fingerprint density at radius 3 is 2.12 bits per heavy atom. The highest BCUT2D eigenvalue weighted by Crippen LogP contribution is 2.28. The Morgan fingerprint density at radius 1 is 0.880 bits per heavy atom. The maximum Gasteiger partial charge on any atom is 0.123 e. The van der Waals surface area contributed by atoms with Crippen molar-refractivity contribution in [2.24, 2.45) is 0 Å². The summed E-state index contributed by atoms with van der Waals surface area (Å²) in [7, 11) is 0. The summed E-state index contributed by atoms with van der Waals surface area (Å²) in [6.07, 6.45) is 11.2. The van der Waals surface area contributed by atoms with Crippen molar-refractivity contribution in [1.82, 2.24) is 0 Å². The summed E-state index contributed by atoms with van der Waals surface area (Å²) in [5, 5.41) is 9.68. The quantitative estimate of drug-likeness (QED) is 0.500. The van der Waals surface area contributed by atoms with Gasteiger partial charge in [-0.1, -0.05) is 28.9 Å². The first-order chi connectivity index (χ1) is 11.8. The van der Waals surface area contributed by atoms with Crippen LogP contribution >= 0.6 is 0 Å². The highest BCUT2D eigenvalue weighted by molar-refractivity contribution is 5.46. The molecule has 0 aliphatic heterocycles. The molecule has 1 aromatic rings. The minimum absolute atomic E-state index is 0.323. The van der Waals surface area contributed by atoms with E-state index in [0.717, 1.165) is 42.6 Å². The Bertz CT molecular complexity index is 644. The van der Waals surface area contributed by atoms with Gasteiger partial charge in [0.1, 0.15) is 18.1 Å². The van der Waals surface area contributed by atoms with Crippen LogP contribution in [-0.2, 0) is 0 Å². The lowest BCUT2D eigenvalue weighted by molar-refractivity contribution is 0.357. The number of rotatable bonds is 9. The van der Waals surface area contributed by atoms with Crippen molar-refractivity contribution in [3.63, 3.8) is 0 Å². The Hall–Kier alpha value is -1.96. The minimum Gasteiger partial charge on any atom is -0.508 e. The summed E-state index contributed by atoms with van der Waals surface area (Å²) >= 11 is 0. The van der Waals surface area contributed by atoms with Crippen molar-refractivity contribution in [1.29, 1.82) is 0 Å². The molecule has 0 bridgehead atoms. The zero-order valence-corrected chi connectivity index (χ0v) is 16.8. The monoisotopic (exact) mass is 342 g/mol. The minimum atomic E-state index is 0.323. The van der Waals surface area contributed by atoms with Gasteiger partial charge in [-0.25, -0.2) is 0 Å². The van der Waals surface area contributed by atoms with E-state index in [2.05, 4.69) is 45.9 Å². The molecule has 25 heavy (non-hydrogen) atoms. The van der Waals surface area contributed by atoms with E-state index < -0.39 is 0 Å². The molecule has 0 fully saturated rings. The lowest BCUT2D eigenvalue weighted by Gasteiger charge is -2.11. The Morgan fingerprint density at radius 2 is 1.48 bits per heavy atom. The topological polar surface area (TPSA) is 29.5 Å². The highest BCUT2D eigenvalue weighted by Gasteiger charge is 2.05. The molecule has 0 spiro atoms. The molecular formula is C23H34O2. The molecule has 0 aromatic heterocycles. The smallest absolute Gasteiger partial charge is 0.123 e. The van der Waals surface area contributed by atoms with Gasteiger partial charge in [-0.15, -0.1) is 0 Å². The van der Waals surface area contributed by atoms with Crippen molar-refractivity contribution < 1.29 is 9.84 Å². The van der Waals surface area contributed by atoms with E-state index in [-0.39, 0.29) is 0 Å². The van der Waals surface area contributed by atoms with Gasteiger partial charge in [-0.3, -0.25) is 0 Å². The molecule has 2 nitrogen and oxygen atoms in total. The normalized spacial score (nSPS) is 12.2. The number of benzene rings is 1. The number of ether oxygens (including phenoxy) is 1.